The average molecular weight is 314 g/mol. The summed E-state index contributed by atoms with van der Waals surface area (Å²) in [6, 6.07) is 16.1. The third-order valence-electron chi connectivity index (χ3n) is 3.87. The topological polar surface area (TPSA) is 27.6 Å². The van der Waals surface area contributed by atoms with Crippen LogP contribution in [0.25, 0.3) is 0 Å². The van der Waals surface area contributed by atoms with E-state index in [1.165, 1.54) is 38.0 Å². The predicted molar refractivity (Wildman–Crippen MR) is 95.2 cm³/mol. The number of nitrogens with zero attached hydrogens (tertiary/aromatic N) is 2. The minimum atomic E-state index is 0.725. The van der Waals surface area contributed by atoms with Crippen LogP contribution in [0.2, 0.25) is 5.02 Å². The second-order valence-corrected chi connectivity index (χ2v) is 5.95. The van der Waals surface area contributed by atoms with Gasteiger partial charge in [0.2, 0.25) is 0 Å². The number of anilines is 2. The molecule has 22 heavy (non-hydrogen) atoms. The second-order valence-electron chi connectivity index (χ2n) is 5.52. The van der Waals surface area contributed by atoms with Crippen LogP contribution in [0.3, 0.4) is 0 Å². The van der Waals surface area contributed by atoms with Crippen LogP contribution in [0.1, 0.15) is 24.8 Å². The molecule has 1 aliphatic heterocycles. The molecule has 0 aromatic heterocycles. The number of halogens is 1. The van der Waals surface area contributed by atoms with Gasteiger partial charge in [-0.1, -0.05) is 23.7 Å². The largest absolute Gasteiger partial charge is 0.372 e. The third kappa shape index (κ3) is 4.01. The predicted octanol–water partition coefficient (Wildman–Crippen LogP) is 4.78. The van der Waals surface area contributed by atoms with Gasteiger partial charge in [-0.3, -0.25) is 5.43 Å². The number of hydrogen-bond acceptors (Lipinski definition) is 3. The number of rotatable bonds is 4. The number of nitrogens with one attached hydrogen (secondary N) is 1. The van der Waals surface area contributed by atoms with Crippen LogP contribution in [0.15, 0.2) is 53.6 Å². The van der Waals surface area contributed by atoms with E-state index >= 15 is 0 Å². The van der Waals surface area contributed by atoms with Gasteiger partial charge in [0, 0.05) is 23.8 Å². The second kappa shape index (κ2) is 7.32. The van der Waals surface area contributed by atoms with Crippen molar-refractivity contribution in [3.05, 3.63) is 59.1 Å². The molecule has 3 rings (SSSR count). The molecule has 0 saturated carbocycles. The van der Waals surface area contributed by atoms with Gasteiger partial charge in [0.05, 0.1) is 11.9 Å². The minimum Gasteiger partial charge on any atom is -0.372 e. The van der Waals surface area contributed by atoms with Crippen LogP contribution >= 0.6 is 11.6 Å². The average Bonchev–Trinajstić information content (AvgIpc) is 2.58. The van der Waals surface area contributed by atoms with Crippen molar-refractivity contribution < 1.29 is 0 Å². The van der Waals surface area contributed by atoms with E-state index in [-0.39, 0.29) is 0 Å². The molecule has 3 nitrogen and oxygen atoms in total. The molecule has 1 saturated heterocycles. The molecule has 2 aromatic rings. The number of benzene rings is 2. The van der Waals surface area contributed by atoms with Gasteiger partial charge in [-0.15, -0.1) is 0 Å². The Morgan fingerprint density at radius 3 is 2.27 bits per heavy atom. The quantitative estimate of drug-likeness (QED) is 0.650. The Kier molecular flexibility index (Phi) is 4.96. The maximum absolute atomic E-state index is 5.85. The Hall–Kier alpha value is -2.00. The van der Waals surface area contributed by atoms with Crippen LogP contribution < -0.4 is 10.3 Å². The Balaban J connectivity index is 1.58. The zero-order valence-corrected chi connectivity index (χ0v) is 13.3. The van der Waals surface area contributed by atoms with Crippen molar-refractivity contribution in [2.24, 2.45) is 5.10 Å². The molecular weight excluding hydrogens is 294 g/mol. The van der Waals surface area contributed by atoms with Crippen LogP contribution in [0.4, 0.5) is 11.4 Å². The van der Waals surface area contributed by atoms with Gasteiger partial charge in [0.25, 0.3) is 0 Å². The Bertz CT molecular complexity index is 614. The molecule has 2 aromatic carbocycles. The van der Waals surface area contributed by atoms with Gasteiger partial charge in [-0.05, 0) is 61.2 Å². The van der Waals surface area contributed by atoms with Crippen LogP contribution in [0.5, 0.6) is 0 Å². The molecule has 0 atom stereocenters. The monoisotopic (exact) mass is 313 g/mol. The van der Waals surface area contributed by atoms with Crippen molar-refractivity contribution in [2.45, 2.75) is 19.3 Å². The summed E-state index contributed by atoms with van der Waals surface area (Å²) in [4.78, 5) is 2.45. The van der Waals surface area contributed by atoms with Gasteiger partial charge in [-0.25, -0.2) is 0 Å². The van der Waals surface area contributed by atoms with E-state index in [9.17, 15) is 0 Å². The molecule has 1 heterocycles. The van der Waals surface area contributed by atoms with Gasteiger partial charge >= 0.3 is 0 Å². The Morgan fingerprint density at radius 2 is 1.59 bits per heavy atom. The summed E-state index contributed by atoms with van der Waals surface area (Å²) in [6.07, 6.45) is 5.79. The van der Waals surface area contributed by atoms with Crippen molar-refractivity contribution in [1.82, 2.24) is 0 Å². The highest BCUT2D eigenvalue weighted by molar-refractivity contribution is 6.30. The van der Waals surface area contributed by atoms with Crippen LogP contribution in [-0.4, -0.2) is 19.3 Å². The summed E-state index contributed by atoms with van der Waals surface area (Å²) in [5.41, 5.74) is 6.31. The highest BCUT2D eigenvalue weighted by Crippen LogP contribution is 2.19. The van der Waals surface area contributed by atoms with Crippen LogP contribution in [0, 0.1) is 0 Å². The lowest BCUT2D eigenvalue weighted by atomic mass is 10.1. The fraction of sp³-hybridized carbons (Fsp3) is 0.278. The lowest BCUT2D eigenvalue weighted by molar-refractivity contribution is 0.578. The zero-order valence-electron chi connectivity index (χ0n) is 12.5. The van der Waals surface area contributed by atoms with Gasteiger partial charge in [0.15, 0.2) is 0 Å². The molecule has 1 N–H and O–H groups in total. The summed E-state index contributed by atoms with van der Waals surface area (Å²) in [6.45, 7) is 2.34. The summed E-state index contributed by atoms with van der Waals surface area (Å²) >= 11 is 5.85. The van der Waals surface area contributed by atoms with Crippen molar-refractivity contribution >= 4 is 29.2 Å². The summed E-state index contributed by atoms with van der Waals surface area (Å²) in [5.74, 6) is 0. The van der Waals surface area contributed by atoms with Gasteiger partial charge in [-0.2, -0.15) is 5.10 Å². The van der Waals surface area contributed by atoms with E-state index < -0.39 is 0 Å². The summed E-state index contributed by atoms with van der Waals surface area (Å²) in [7, 11) is 0. The van der Waals surface area contributed by atoms with Crippen molar-refractivity contribution in [1.29, 1.82) is 0 Å². The fourth-order valence-electron chi connectivity index (χ4n) is 2.63. The van der Waals surface area contributed by atoms with E-state index in [1.54, 1.807) is 0 Å². The molecule has 0 unspecified atom stereocenters. The van der Waals surface area contributed by atoms with Gasteiger partial charge in [0.1, 0.15) is 0 Å². The lowest BCUT2D eigenvalue weighted by Gasteiger charge is -2.28. The Morgan fingerprint density at radius 1 is 0.909 bits per heavy atom. The molecule has 4 heteroatoms. The molecular formula is C18H20ClN3. The first-order valence-corrected chi connectivity index (χ1v) is 8.09. The maximum atomic E-state index is 5.85. The van der Waals surface area contributed by atoms with E-state index in [1.807, 2.05) is 30.5 Å². The first-order valence-electron chi connectivity index (χ1n) is 7.71. The molecule has 0 amide bonds. The Labute approximate surface area is 136 Å². The minimum absolute atomic E-state index is 0.725. The van der Waals surface area contributed by atoms with Crippen molar-refractivity contribution in [3.8, 4) is 0 Å². The number of hydrogen-bond donors (Lipinski definition) is 1. The molecule has 0 radical (unpaired) electrons. The smallest absolute Gasteiger partial charge is 0.0562 e. The van der Waals surface area contributed by atoms with Gasteiger partial charge < -0.3 is 4.90 Å². The molecule has 0 bridgehead atoms. The standard InChI is InChI=1S/C18H20ClN3/c19-16-6-8-17(9-7-16)21-20-14-15-4-10-18(11-5-15)22-12-2-1-3-13-22/h4-11,14,21H,1-3,12-13H2/b20-14-. The molecule has 1 fully saturated rings. The first kappa shape index (κ1) is 14.9. The number of piperidine rings is 1. The van der Waals surface area contributed by atoms with E-state index in [0.717, 1.165) is 16.3 Å². The molecule has 1 aliphatic rings. The zero-order chi connectivity index (χ0) is 15.2. The molecule has 0 spiro atoms. The lowest BCUT2D eigenvalue weighted by Crippen LogP contribution is -2.29. The molecule has 114 valence electrons. The summed E-state index contributed by atoms with van der Waals surface area (Å²) < 4.78 is 0. The van der Waals surface area contributed by atoms with E-state index in [4.69, 9.17) is 11.6 Å². The van der Waals surface area contributed by atoms with Crippen molar-refractivity contribution in [2.75, 3.05) is 23.4 Å². The SMILES string of the molecule is Clc1ccc(N/N=C\c2ccc(N3CCCCC3)cc2)cc1. The normalized spacial score (nSPS) is 15.2. The van der Waals surface area contributed by atoms with E-state index in [0.29, 0.717) is 0 Å². The highest BCUT2D eigenvalue weighted by atomic mass is 35.5. The molecule has 0 aliphatic carbocycles. The third-order valence-corrected chi connectivity index (χ3v) is 4.12. The van der Waals surface area contributed by atoms with E-state index in [2.05, 4.69) is 39.7 Å². The highest BCUT2D eigenvalue weighted by Gasteiger charge is 2.09. The first-order chi connectivity index (χ1) is 10.8. The van der Waals surface area contributed by atoms with Crippen LogP contribution in [-0.2, 0) is 0 Å². The summed E-state index contributed by atoms with van der Waals surface area (Å²) in [5, 5.41) is 4.98. The number of hydrazone groups is 1. The van der Waals surface area contributed by atoms with Crippen molar-refractivity contribution in [3.63, 3.8) is 0 Å². The fourth-order valence-corrected chi connectivity index (χ4v) is 2.76. The maximum Gasteiger partial charge on any atom is 0.0562 e.